The van der Waals surface area contributed by atoms with Crippen molar-refractivity contribution in [2.45, 2.75) is 88.7 Å². The van der Waals surface area contributed by atoms with Gasteiger partial charge >= 0.3 is 6.03 Å². The van der Waals surface area contributed by atoms with Gasteiger partial charge in [-0.25, -0.2) is 19.3 Å². The molecule has 1 saturated carbocycles. The van der Waals surface area contributed by atoms with Crippen LogP contribution >= 0.6 is 23.2 Å². The van der Waals surface area contributed by atoms with Gasteiger partial charge in [-0.05, 0) is 74.9 Å². The second-order valence-corrected chi connectivity index (χ2v) is 16.6. The molecule has 310 valence electrons. The van der Waals surface area contributed by atoms with E-state index < -0.39 is 18.5 Å². The number of halogens is 2. The topological polar surface area (TPSA) is 202 Å². The summed E-state index contributed by atoms with van der Waals surface area (Å²) >= 11 is 12.9. The molecule has 3 unspecified atom stereocenters. The quantitative estimate of drug-likeness (QED) is 0.108. The summed E-state index contributed by atoms with van der Waals surface area (Å²) in [5, 5.41) is 38.0. The number of nitrogens with zero attached hydrogens (tertiary/aromatic N) is 9. The number of piperazine rings is 1. The van der Waals surface area contributed by atoms with Gasteiger partial charge in [0.15, 0.2) is 5.65 Å². The van der Waals surface area contributed by atoms with Crippen molar-refractivity contribution in [1.29, 1.82) is 0 Å². The van der Waals surface area contributed by atoms with Crippen LogP contribution in [0.2, 0.25) is 10.0 Å². The number of nitrogens with one attached hydrogen (secondary N) is 3. The second-order valence-electron chi connectivity index (χ2n) is 15.7. The smallest absolute Gasteiger partial charge is 0.323 e. The highest BCUT2D eigenvalue weighted by molar-refractivity contribution is 6.33. The third-order valence-electron chi connectivity index (χ3n) is 11.9. The number of unbranched alkanes of at least 4 members (excludes halogenated alkanes) is 1. The lowest BCUT2D eigenvalue weighted by atomic mass is 10.0. The third-order valence-corrected chi connectivity index (χ3v) is 12.5. The van der Waals surface area contributed by atoms with Crippen molar-refractivity contribution in [3.05, 3.63) is 75.6 Å². The molecule has 1 aromatic carbocycles. The molecule has 7 heterocycles. The van der Waals surface area contributed by atoms with Crippen LogP contribution in [-0.2, 0) is 13.0 Å². The van der Waals surface area contributed by atoms with Crippen LogP contribution < -0.4 is 20.9 Å². The number of fused-ring (bicyclic) bond motifs is 2. The number of rotatable bonds is 11. The van der Waals surface area contributed by atoms with Gasteiger partial charge in [0.25, 0.3) is 5.91 Å². The summed E-state index contributed by atoms with van der Waals surface area (Å²) in [7, 11) is 0. The van der Waals surface area contributed by atoms with Crippen LogP contribution in [0.5, 0.6) is 0 Å². The Morgan fingerprint density at radius 1 is 0.949 bits per heavy atom. The summed E-state index contributed by atoms with van der Waals surface area (Å²) in [5.74, 6) is 0.949. The molecule has 0 bridgehead atoms. The van der Waals surface area contributed by atoms with Crippen LogP contribution in [0.25, 0.3) is 17.2 Å². The van der Waals surface area contributed by atoms with Crippen molar-refractivity contribution in [2.24, 2.45) is 0 Å². The predicted octanol–water partition coefficient (Wildman–Crippen LogP) is 5.27. The fourth-order valence-corrected chi connectivity index (χ4v) is 9.28. The zero-order chi connectivity index (χ0) is 40.6. The monoisotopic (exact) mass is 844 g/mol. The van der Waals surface area contributed by atoms with Gasteiger partial charge in [-0.2, -0.15) is 10.1 Å². The molecule has 4 aliphatic rings. The Hall–Kier alpha value is -4.91. The summed E-state index contributed by atoms with van der Waals surface area (Å²) in [6.45, 7) is 5.04. The molecule has 19 heteroatoms. The van der Waals surface area contributed by atoms with E-state index in [2.05, 4.69) is 57.0 Å². The number of hydrogen-bond donors (Lipinski definition) is 5. The number of carbonyl (C=O) groups is 2. The largest absolute Gasteiger partial charge is 0.379 e. The predicted molar refractivity (Wildman–Crippen MR) is 220 cm³/mol. The lowest BCUT2D eigenvalue weighted by Crippen LogP contribution is -2.56. The van der Waals surface area contributed by atoms with E-state index in [1.807, 2.05) is 12.1 Å². The van der Waals surface area contributed by atoms with Crippen LogP contribution in [0.3, 0.4) is 0 Å². The maximum Gasteiger partial charge on any atom is 0.323 e. The van der Waals surface area contributed by atoms with Crippen molar-refractivity contribution in [2.75, 3.05) is 48.3 Å². The lowest BCUT2D eigenvalue weighted by Gasteiger charge is -2.37. The van der Waals surface area contributed by atoms with Gasteiger partial charge in [0, 0.05) is 56.3 Å². The molecular weight excluding hydrogens is 799 g/mol. The van der Waals surface area contributed by atoms with E-state index in [1.165, 1.54) is 6.20 Å². The first-order valence-corrected chi connectivity index (χ1v) is 21.1. The number of carbonyl (C=O) groups excluding carboxylic acids is 2. The number of urea groups is 1. The molecule has 2 saturated heterocycles. The van der Waals surface area contributed by atoms with Crippen molar-refractivity contribution < 1.29 is 24.3 Å². The van der Waals surface area contributed by atoms with Crippen LogP contribution in [0, 0.1) is 0 Å². The molecule has 59 heavy (non-hydrogen) atoms. The second kappa shape index (κ2) is 17.0. The van der Waals surface area contributed by atoms with Gasteiger partial charge in [-0.1, -0.05) is 41.2 Å². The first-order valence-electron chi connectivity index (χ1n) is 20.3. The summed E-state index contributed by atoms with van der Waals surface area (Å²) in [5.41, 5.74) is 5.52. The van der Waals surface area contributed by atoms with Crippen LogP contribution in [0.15, 0.2) is 47.4 Å². The first-order chi connectivity index (χ1) is 28.7. The molecule has 5 N–H and O–H groups in total. The number of hydrogen-bond acceptors (Lipinski definition) is 13. The molecule has 9 rings (SSSR count). The number of aliphatic hydroxyl groups excluding tert-OH is 2. The fraction of sp³-hybridized carbons (Fsp3) is 0.475. The number of aliphatic hydroxyl groups is 2. The van der Waals surface area contributed by atoms with Gasteiger partial charge in [-0.3, -0.25) is 15.0 Å². The lowest BCUT2D eigenvalue weighted by molar-refractivity contribution is -0.0477. The molecule has 3 amide bonds. The Morgan fingerprint density at radius 2 is 1.78 bits per heavy atom. The van der Waals surface area contributed by atoms with Crippen LogP contribution in [0.4, 0.5) is 21.9 Å². The minimum Gasteiger partial charge on any atom is -0.379 e. The molecule has 1 aliphatic carbocycles. The molecule has 0 radical (unpaired) electrons. The van der Waals surface area contributed by atoms with Gasteiger partial charge in [-0.15, -0.1) is 0 Å². The van der Waals surface area contributed by atoms with Gasteiger partial charge in [0.2, 0.25) is 11.7 Å². The number of aryl methyl sites for hydroxylation is 1. The maximum atomic E-state index is 13.2. The van der Waals surface area contributed by atoms with E-state index in [-0.39, 0.29) is 28.7 Å². The van der Waals surface area contributed by atoms with E-state index in [9.17, 15) is 19.8 Å². The summed E-state index contributed by atoms with van der Waals surface area (Å²) in [4.78, 5) is 46.2. The Kier molecular flexibility index (Phi) is 11.4. The Balaban J connectivity index is 0.726. The Labute approximate surface area is 350 Å². The highest BCUT2D eigenvalue weighted by Gasteiger charge is 2.39. The zero-order valence-electron chi connectivity index (χ0n) is 32.4. The number of benzene rings is 1. The Bertz CT molecular complexity index is 2340. The molecule has 3 fully saturated rings. The minimum absolute atomic E-state index is 0.0696. The number of pyridine rings is 1. The summed E-state index contributed by atoms with van der Waals surface area (Å²) in [6, 6.07) is 6.80. The van der Waals surface area contributed by atoms with Crippen LogP contribution in [-0.4, -0.2) is 113 Å². The van der Waals surface area contributed by atoms with Gasteiger partial charge in [0.05, 0.1) is 46.7 Å². The number of aromatic nitrogens is 6. The zero-order valence-corrected chi connectivity index (χ0v) is 33.9. The van der Waals surface area contributed by atoms with Crippen molar-refractivity contribution in [1.82, 2.24) is 44.8 Å². The van der Waals surface area contributed by atoms with Crippen molar-refractivity contribution in [3.63, 3.8) is 0 Å². The SMILES string of the molecule is O=C(Nc1cnc(-c2noc(CCCCN3CCN(c4ccc5c(c4)CN(C4CCC(O)NC4O)C5=O)CC3)n2)c(Cl)c1)Nc1cnc2c(Cl)cnn2c1C1CCCC1. The molecule has 0 spiro atoms. The average molecular weight is 846 g/mol. The summed E-state index contributed by atoms with van der Waals surface area (Å²) < 4.78 is 7.25. The molecule has 5 aromatic rings. The molecule has 3 atom stereocenters. The fourth-order valence-electron chi connectivity index (χ4n) is 8.86. The molecular formula is C40H46Cl2N12O5. The highest BCUT2D eigenvalue weighted by Crippen LogP contribution is 2.38. The standard InChI is InChI=1S/C40H46Cl2N12O5/c41-28-18-25(46-40(58)47-30-21-44-37-29(42)20-45-54(37)35(30)23-5-1-2-6-23)19-43-34(28)36-49-33(59-50-36)7-3-4-12-51-13-15-52(16-14-51)26-8-9-27-24(17-26)22-53(39(27)57)31-10-11-32(55)48-38(31)56/h8-9,17-21,23,31-32,38,48,55-56H,1-7,10-16,22H2,(H2,46,47,58). The van der Waals surface area contributed by atoms with Crippen molar-refractivity contribution in [3.8, 4) is 11.5 Å². The van der Waals surface area contributed by atoms with Gasteiger partial charge in [0.1, 0.15) is 23.2 Å². The normalized spacial score (nSPS) is 21.4. The maximum absolute atomic E-state index is 13.2. The van der Waals surface area contributed by atoms with Crippen molar-refractivity contribution >= 4 is 57.8 Å². The molecule has 4 aromatic heterocycles. The Morgan fingerprint density at radius 3 is 2.58 bits per heavy atom. The van der Waals surface area contributed by atoms with E-state index >= 15 is 0 Å². The molecule has 17 nitrogen and oxygen atoms in total. The number of piperidine rings is 1. The number of anilines is 3. The average Bonchev–Trinajstić information content (AvgIpc) is 4.05. The van der Waals surface area contributed by atoms with Gasteiger partial charge < -0.3 is 35.2 Å². The minimum atomic E-state index is -0.951. The summed E-state index contributed by atoms with van der Waals surface area (Å²) in [6.07, 6.45) is 10.7. The van der Waals surface area contributed by atoms with E-state index in [0.29, 0.717) is 65.0 Å². The van der Waals surface area contributed by atoms with E-state index in [1.54, 1.807) is 27.9 Å². The van der Waals surface area contributed by atoms with Crippen LogP contribution in [0.1, 0.15) is 84.8 Å². The third kappa shape index (κ3) is 8.32. The number of amides is 3. The molecule has 3 aliphatic heterocycles. The van der Waals surface area contributed by atoms with E-state index in [0.717, 1.165) is 88.2 Å². The highest BCUT2D eigenvalue weighted by atomic mass is 35.5. The first kappa shape index (κ1) is 39.5. The van der Waals surface area contributed by atoms with E-state index in [4.69, 9.17) is 27.7 Å².